The Morgan fingerprint density at radius 1 is 1.00 bits per heavy atom. The van der Waals surface area contributed by atoms with Crippen LogP contribution in [0.15, 0.2) is 42.5 Å². The second-order valence-corrected chi connectivity index (χ2v) is 7.47. The standard InChI is InChI=1S/C23H25N3O5/c1-14-5-4-6-19(15(14)2)31-16(3)22(29)24-25-23(30)18-9-7-17(8-10-18)13-26-20(27)11-12-21(26)28/h4-10,16H,11-13H2,1-3H3,(H,24,29)(H,25,30). The average Bonchev–Trinajstić information content (AvgIpc) is 3.07. The van der Waals surface area contributed by atoms with Crippen molar-refractivity contribution in [1.82, 2.24) is 15.8 Å². The lowest BCUT2D eigenvalue weighted by Gasteiger charge is -2.17. The van der Waals surface area contributed by atoms with Crippen LogP contribution in [0.3, 0.4) is 0 Å². The van der Waals surface area contributed by atoms with E-state index in [1.165, 1.54) is 4.90 Å². The number of hydrogen-bond acceptors (Lipinski definition) is 5. The molecule has 1 fully saturated rings. The third kappa shape index (κ3) is 5.28. The number of hydrogen-bond donors (Lipinski definition) is 2. The predicted octanol–water partition coefficient (Wildman–Crippen LogP) is 2.18. The van der Waals surface area contributed by atoms with Crippen molar-refractivity contribution in [1.29, 1.82) is 0 Å². The summed E-state index contributed by atoms with van der Waals surface area (Å²) >= 11 is 0. The van der Waals surface area contributed by atoms with E-state index in [0.29, 0.717) is 11.3 Å². The van der Waals surface area contributed by atoms with Gasteiger partial charge in [0.15, 0.2) is 6.10 Å². The van der Waals surface area contributed by atoms with Crippen LogP contribution in [0.5, 0.6) is 5.75 Å². The van der Waals surface area contributed by atoms with Gasteiger partial charge in [-0.1, -0.05) is 24.3 Å². The number of likely N-dealkylation sites (tertiary alicyclic amines) is 1. The maximum Gasteiger partial charge on any atom is 0.279 e. The molecule has 1 aliphatic heterocycles. The van der Waals surface area contributed by atoms with Crippen molar-refractivity contribution >= 4 is 23.6 Å². The van der Waals surface area contributed by atoms with Gasteiger partial charge in [-0.15, -0.1) is 0 Å². The molecular formula is C23H25N3O5. The van der Waals surface area contributed by atoms with Crippen LogP contribution in [0.4, 0.5) is 0 Å². The highest BCUT2D eigenvalue weighted by Crippen LogP contribution is 2.21. The molecule has 4 amide bonds. The smallest absolute Gasteiger partial charge is 0.279 e. The number of carbonyl (C=O) groups is 4. The van der Waals surface area contributed by atoms with E-state index in [4.69, 9.17) is 4.74 Å². The minimum Gasteiger partial charge on any atom is -0.481 e. The fraction of sp³-hybridized carbons (Fsp3) is 0.304. The summed E-state index contributed by atoms with van der Waals surface area (Å²) < 4.78 is 5.70. The molecule has 1 aliphatic rings. The summed E-state index contributed by atoms with van der Waals surface area (Å²) in [4.78, 5) is 49.2. The number of aryl methyl sites for hydroxylation is 1. The molecular weight excluding hydrogens is 398 g/mol. The Kier molecular flexibility index (Phi) is 6.69. The lowest BCUT2D eigenvalue weighted by atomic mass is 10.1. The SMILES string of the molecule is Cc1cccc(OC(C)C(=O)NNC(=O)c2ccc(CN3C(=O)CCC3=O)cc2)c1C. The van der Waals surface area contributed by atoms with Gasteiger partial charge in [0.2, 0.25) is 11.8 Å². The Balaban J connectivity index is 1.51. The van der Waals surface area contributed by atoms with Gasteiger partial charge >= 0.3 is 0 Å². The summed E-state index contributed by atoms with van der Waals surface area (Å²) in [5.74, 6) is -0.748. The zero-order valence-corrected chi connectivity index (χ0v) is 17.7. The van der Waals surface area contributed by atoms with E-state index in [9.17, 15) is 19.2 Å². The quantitative estimate of drug-likeness (QED) is 0.547. The van der Waals surface area contributed by atoms with Gasteiger partial charge in [0.25, 0.3) is 11.8 Å². The molecule has 0 aromatic heterocycles. The number of hydrazine groups is 1. The van der Waals surface area contributed by atoms with Gasteiger partial charge in [0.05, 0.1) is 6.54 Å². The normalized spacial score (nSPS) is 14.4. The molecule has 0 spiro atoms. The van der Waals surface area contributed by atoms with E-state index in [-0.39, 0.29) is 31.2 Å². The first-order chi connectivity index (χ1) is 14.8. The van der Waals surface area contributed by atoms with Gasteiger partial charge in [-0.2, -0.15) is 0 Å². The Labute approximate surface area is 180 Å². The van der Waals surface area contributed by atoms with Gasteiger partial charge in [-0.3, -0.25) is 34.9 Å². The third-order valence-corrected chi connectivity index (χ3v) is 5.24. The van der Waals surface area contributed by atoms with Crippen molar-refractivity contribution in [3.63, 3.8) is 0 Å². The van der Waals surface area contributed by atoms with Crippen molar-refractivity contribution in [2.45, 2.75) is 46.3 Å². The third-order valence-electron chi connectivity index (χ3n) is 5.24. The molecule has 2 aromatic rings. The van der Waals surface area contributed by atoms with Crippen LogP contribution in [-0.4, -0.2) is 34.6 Å². The van der Waals surface area contributed by atoms with Crippen LogP contribution in [0.2, 0.25) is 0 Å². The molecule has 0 radical (unpaired) electrons. The molecule has 1 atom stereocenters. The number of rotatable bonds is 6. The fourth-order valence-electron chi connectivity index (χ4n) is 3.13. The van der Waals surface area contributed by atoms with Crippen LogP contribution < -0.4 is 15.6 Å². The summed E-state index contributed by atoms with van der Waals surface area (Å²) in [5.41, 5.74) is 7.78. The molecule has 0 aliphatic carbocycles. The number of carbonyl (C=O) groups excluding carboxylic acids is 4. The molecule has 0 saturated carbocycles. The van der Waals surface area contributed by atoms with E-state index < -0.39 is 17.9 Å². The molecule has 8 heteroatoms. The van der Waals surface area contributed by atoms with E-state index in [1.807, 2.05) is 26.0 Å². The number of ether oxygens (including phenoxy) is 1. The van der Waals surface area contributed by atoms with Crippen molar-refractivity contribution in [3.05, 3.63) is 64.7 Å². The number of imide groups is 1. The highest BCUT2D eigenvalue weighted by Gasteiger charge is 2.28. The van der Waals surface area contributed by atoms with Crippen LogP contribution in [0.1, 0.15) is 46.8 Å². The summed E-state index contributed by atoms with van der Waals surface area (Å²) in [6.45, 7) is 5.65. The first-order valence-electron chi connectivity index (χ1n) is 10.0. The lowest BCUT2D eigenvalue weighted by Crippen LogP contribution is -2.47. The van der Waals surface area contributed by atoms with Crippen LogP contribution in [0.25, 0.3) is 0 Å². The Morgan fingerprint density at radius 3 is 2.29 bits per heavy atom. The highest BCUT2D eigenvalue weighted by molar-refractivity contribution is 6.01. The summed E-state index contributed by atoms with van der Waals surface area (Å²) in [6, 6.07) is 12.1. The van der Waals surface area contributed by atoms with Crippen molar-refractivity contribution in [3.8, 4) is 5.75 Å². The molecule has 3 rings (SSSR count). The van der Waals surface area contributed by atoms with Crippen molar-refractivity contribution < 1.29 is 23.9 Å². The van der Waals surface area contributed by atoms with Crippen LogP contribution in [0, 0.1) is 13.8 Å². The zero-order chi connectivity index (χ0) is 22.5. The van der Waals surface area contributed by atoms with Gasteiger partial charge in [0, 0.05) is 18.4 Å². The van der Waals surface area contributed by atoms with Gasteiger partial charge in [-0.25, -0.2) is 0 Å². The lowest BCUT2D eigenvalue weighted by molar-refractivity contribution is -0.139. The maximum absolute atomic E-state index is 12.3. The summed E-state index contributed by atoms with van der Waals surface area (Å²) in [7, 11) is 0. The summed E-state index contributed by atoms with van der Waals surface area (Å²) in [6.07, 6.45) is -0.325. The number of benzene rings is 2. The molecule has 1 unspecified atom stereocenters. The van der Waals surface area contributed by atoms with E-state index in [0.717, 1.165) is 16.7 Å². The van der Waals surface area contributed by atoms with Crippen LogP contribution in [-0.2, 0) is 20.9 Å². The molecule has 162 valence electrons. The predicted molar refractivity (Wildman–Crippen MR) is 113 cm³/mol. The Bertz CT molecular complexity index is 1000. The number of nitrogens with zero attached hydrogens (tertiary/aromatic N) is 1. The molecule has 0 bridgehead atoms. The van der Waals surface area contributed by atoms with Crippen molar-refractivity contribution in [2.75, 3.05) is 0 Å². The van der Waals surface area contributed by atoms with E-state index >= 15 is 0 Å². The van der Waals surface area contributed by atoms with E-state index in [2.05, 4.69) is 10.9 Å². The Morgan fingerprint density at radius 2 is 1.65 bits per heavy atom. The van der Waals surface area contributed by atoms with Crippen LogP contribution >= 0.6 is 0 Å². The molecule has 1 heterocycles. The molecule has 1 saturated heterocycles. The molecule has 8 nitrogen and oxygen atoms in total. The highest BCUT2D eigenvalue weighted by atomic mass is 16.5. The average molecular weight is 423 g/mol. The second-order valence-electron chi connectivity index (χ2n) is 7.47. The monoisotopic (exact) mass is 423 g/mol. The number of nitrogens with one attached hydrogen (secondary N) is 2. The molecule has 2 aromatic carbocycles. The van der Waals surface area contributed by atoms with Crippen molar-refractivity contribution in [2.24, 2.45) is 0 Å². The number of amides is 4. The minimum absolute atomic E-state index is 0.184. The minimum atomic E-state index is -0.807. The molecule has 31 heavy (non-hydrogen) atoms. The maximum atomic E-state index is 12.3. The van der Waals surface area contributed by atoms with E-state index in [1.54, 1.807) is 37.3 Å². The fourth-order valence-corrected chi connectivity index (χ4v) is 3.13. The zero-order valence-electron chi connectivity index (χ0n) is 17.7. The Hall–Kier alpha value is -3.68. The van der Waals surface area contributed by atoms with Gasteiger partial charge in [-0.05, 0) is 55.7 Å². The summed E-state index contributed by atoms with van der Waals surface area (Å²) in [5, 5.41) is 0. The van der Waals surface area contributed by atoms with Gasteiger partial charge in [0.1, 0.15) is 5.75 Å². The first kappa shape index (κ1) is 22.0. The molecule has 2 N–H and O–H groups in total. The van der Waals surface area contributed by atoms with Gasteiger partial charge < -0.3 is 4.74 Å². The first-order valence-corrected chi connectivity index (χ1v) is 10.0. The largest absolute Gasteiger partial charge is 0.481 e. The second kappa shape index (κ2) is 9.42. The topological polar surface area (TPSA) is 105 Å².